The summed E-state index contributed by atoms with van der Waals surface area (Å²) in [5.41, 5.74) is 10.1. The molecular weight excluding hydrogens is 438 g/mol. The van der Waals surface area contributed by atoms with Crippen LogP contribution in [0.3, 0.4) is 0 Å². The molecule has 3 heteroatoms. The van der Waals surface area contributed by atoms with Gasteiger partial charge < -0.3 is 4.40 Å². The number of benzene rings is 2. The Hall–Kier alpha value is -3.20. The Balaban J connectivity index is 1.51. The van der Waals surface area contributed by atoms with E-state index in [4.69, 9.17) is 0 Å². The van der Waals surface area contributed by atoms with E-state index in [-0.39, 0.29) is 0 Å². The molecule has 4 heterocycles. The van der Waals surface area contributed by atoms with Gasteiger partial charge in [0.15, 0.2) is 6.20 Å². The summed E-state index contributed by atoms with van der Waals surface area (Å²) in [6.45, 7) is 4.57. The Morgan fingerprint density at radius 3 is 2.39 bits per heavy atom. The minimum absolute atomic E-state index is 0.376. The Morgan fingerprint density at radius 1 is 0.889 bits per heavy atom. The summed E-state index contributed by atoms with van der Waals surface area (Å²) < 4.78 is 4.93. The molecule has 178 valence electrons. The second-order valence-corrected chi connectivity index (χ2v) is 12.8. The van der Waals surface area contributed by atoms with Crippen molar-refractivity contribution < 1.29 is 4.57 Å². The van der Waals surface area contributed by atoms with Crippen molar-refractivity contribution in [3.8, 4) is 0 Å². The third kappa shape index (κ3) is 2.27. The molecule has 2 aromatic carbocycles. The number of aromatic nitrogens is 3. The topological polar surface area (TPSA) is 21.2 Å². The fraction of sp³-hybridized carbons (Fsp3) is 0.394. The lowest BCUT2D eigenvalue weighted by Crippen LogP contribution is -2.48. The second kappa shape index (κ2) is 6.37. The zero-order chi connectivity index (χ0) is 23.9. The summed E-state index contributed by atoms with van der Waals surface area (Å²) in [7, 11) is 2.22. The first-order valence-corrected chi connectivity index (χ1v) is 13.9. The Morgan fingerprint density at radius 2 is 1.64 bits per heavy atom. The van der Waals surface area contributed by atoms with Gasteiger partial charge in [-0.15, -0.1) is 0 Å². The van der Waals surface area contributed by atoms with Crippen LogP contribution in [0.25, 0.3) is 49.0 Å². The first-order valence-electron chi connectivity index (χ1n) is 13.9. The van der Waals surface area contributed by atoms with Gasteiger partial charge in [0.1, 0.15) is 7.05 Å². The van der Waals surface area contributed by atoms with Crippen LogP contribution < -0.4 is 4.57 Å². The quantitative estimate of drug-likeness (QED) is 0.140. The molecule has 0 aliphatic heterocycles. The lowest BCUT2D eigenvalue weighted by Gasteiger charge is -2.57. The third-order valence-electron chi connectivity index (χ3n) is 10.7. The van der Waals surface area contributed by atoms with Gasteiger partial charge in [-0.05, 0) is 122 Å². The molecule has 10 rings (SSSR count). The maximum atomic E-state index is 4.60. The monoisotopic (exact) mass is 470 g/mol. The molecule has 4 saturated carbocycles. The van der Waals surface area contributed by atoms with E-state index in [0.29, 0.717) is 5.41 Å². The van der Waals surface area contributed by atoms with Crippen LogP contribution in [-0.2, 0) is 12.5 Å². The largest absolute Gasteiger partial charge is 0.306 e. The molecule has 0 saturated heterocycles. The fourth-order valence-corrected chi connectivity index (χ4v) is 9.52. The molecule has 0 amide bonds. The lowest BCUT2D eigenvalue weighted by molar-refractivity contribution is -0.643. The number of rotatable bonds is 1. The third-order valence-corrected chi connectivity index (χ3v) is 10.7. The summed E-state index contributed by atoms with van der Waals surface area (Å²) >= 11 is 0. The van der Waals surface area contributed by atoms with Crippen molar-refractivity contribution in [3.05, 3.63) is 65.6 Å². The van der Waals surface area contributed by atoms with E-state index in [0.717, 1.165) is 17.8 Å². The van der Waals surface area contributed by atoms with E-state index in [1.807, 2.05) is 6.20 Å². The van der Waals surface area contributed by atoms with Crippen LogP contribution in [0.2, 0.25) is 0 Å². The van der Waals surface area contributed by atoms with Crippen LogP contribution in [-0.4, -0.2) is 9.38 Å². The van der Waals surface area contributed by atoms with Gasteiger partial charge >= 0.3 is 0 Å². The molecule has 4 fully saturated rings. The molecule has 4 bridgehead atoms. The molecule has 0 N–H and O–H groups in total. The Bertz CT molecular complexity index is 1870. The maximum absolute atomic E-state index is 4.60. The molecule has 4 aromatic heterocycles. The SMILES string of the molecule is Cc1cc2c3ccncc3n3c4cc(C56CC7CC(CC(C7)C5)C6)cc5cc[n+](C)c(c(c1C)c23)c54. The van der Waals surface area contributed by atoms with Gasteiger partial charge in [0.05, 0.1) is 33.5 Å². The zero-order valence-corrected chi connectivity index (χ0v) is 21.4. The average molecular weight is 471 g/mol. The zero-order valence-electron chi connectivity index (χ0n) is 21.4. The van der Waals surface area contributed by atoms with Gasteiger partial charge in [-0.25, -0.2) is 4.57 Å². The highest BCUT2D eigenvalue weighted by Gasteiger charge is 2.51. The minimum Gasteiger partial charge on any atom is -0.306 e. The van der Waals surface area contributed by atoms with Gasteiger partial charge in [0.25, 0.3) is 0 Å². The van der Waals surface area contributed by atoms with E-state index in [1.54, 1.807) is 5.56 Å². The van der Waals surface area contributed by atoms with Crippen LogP contribution >= 0.6 is 0 Å². The smallest absolute Gasteiger partial charge is 0.224 e. The predicted molar refractivity (Wildman–Crippen MR) is 147 cm³/mol. The van der Waals surface area contributed by atoms with Crippen molar-refractivity contribution in [2.45, 2.75) is 57.8 Å². The van der Waals surface area contributed by atoms with Gasteiger partial charge in [0.2, 0.25) is 5.52 Å². The number of hydrogen-bond donors (Lipinski definition) is 0. The van der Waals surface area contributed by atoms with E-state index < -0.39 is 0 Å². The molecule has 36 heavy (non-hydrogen) atoms. The number of nitrogens with zero attached hydrogens (tertiary/aromatic N) is 3. The van der Waals surface area contributed by atoms with Gasteiger partial charge in [0, 0.05) is 23.0 Å². The van der Waals surface area contributed by atoms with E-state index in [2.05, 4.69) is 77.6 Å². The molecule has 0 atom stereocenters. The van der Waals surface area contributed by atoms with Crippen LogP contribution in [0.1, 0.15) is 55.2 Å². The highest BCUT2D eigenvalue weighted by atomic mass is 15.0. The van der Waals surface area contributed by atoms with Crippen molar-refractivity contribution >= 4 is 49.0 Å². The minimum atomic E-state index is 0.376. The van der Waals surface area contributed by atoms with E-state index in [9.17, 15) is 0 Å². The van der Waals surface area contributed by atoms with E-state index >= 15 is 0 Å². The Labute approximate surface area is 211 Å². The van der Waals surface area contributed by atoms with Gasteiger partial charge in [-0.1, -0.05) is 0 Å². The average Bonchev–Trinajstić information content (AvgIpc) is 3.19. The van der Waals surface area contributed by atoms with Gasteiger partial charge in [-0.3, -0.25) is 4.98 Å². The predicted octanol–water partition coefficient (Wildman–Crippen LogP) is 7.29. The number of aryl methyl sites for hydroxylation is 3. The first kappa shape index (κ1) is 19.9. The lowest BCUT2D eigenvalue weighted by atomic mass is 9.48. The molecule has 0 radical (unpaired) electrons. The van der Waals surface area contributed by atoms with Crippen molar-refractivity contribution in [2.24, 2.45) is 24.8 Å². The normalized spacial score (nSPS) is 27.6. The van der Waals surface area contributed by atoms with Crippen LogP contribution in [0.15, 0.2) is 48.9 Å². The number of pyridine rings is 3. The van der Waals surface area contributed by atoms with Crippen molar-refractivity contribution in [1.82, 2.24) is 9.38 Å². The molecule has 4 aliphatic rings. The fourth-order valence-electron chi connectivity index (χ4n) is 9.52. The van der Waals surface area contributed by atoms with Gasteiger partial charge in [-0.2, -0.15) is 0 Å². The summed E-state index contributed by atoms with van der Waals surface area (Å²) in [5.74, 6) is 2.84. The van der Waals surface area contributed by atoms with Crippen LogP contribution in [0, 0.1) is 31.6 Å². The van der Waals surface area contributed by atoms with Crippen molar-refractivity contribution in [1.29, 1.82) is 0 Å². The summed E-state index contributed by atoms with van der Waals surface area (Å²) in [6.07, 6.45) is 15.0. The molecule has 0 spiro atoms. The highest BCUT2D eigenvalue weighted by molar-refractivity contribution is 6.26. The van der Waals surface area contributed by atoms with Crippen LogP contribution in [0.5, 0.6) is 0 Å². The summed E-state index contributed by atoms with van der Waals surface area (Å²) in [6, 6.07) is 12.2. The van der Waals surface area contributed by atoms with Crippen LogP contribution in [0.4, 0.5) is 0 Å². The standard InChI is InChI=1S/C33H32N3/c1-18-8-26-25-4-6-34-17-28(25)36-27-13-24(33-14-20-9-21(15-33)11-22(10-20)16-33)12-23-5-7-35(3)32(30(23)27)29(19(18)2)31(26)36/h4-8,12-13,17,20-22H,9-11,14-16H2,1-3H3/q+1. The van der Waals surface area contributed by atoms with E-state index in [1.165, 1.54) is 98.6 Å². The molecule has 0 unspecified atom stereocenters. The summed E-state index contributed by atoms with van der Waals surface area (Å²) in [4.78, 5) is 4.60. The maximum Gasteiger partial charge on any atom is 0.224 e. The molecule has 6 aromatic rings. The summed E-state index contributed by atoms with van der Waals surface area (Å²) in [5, 5.41) is 6.86. The van der Waals surface area contributed by atoms with Crippen molar-refractivity contribution in [2.75, 3.05) is 0 Å². The number of fused-ring (bicyclic) bond motifs is 5. The Kier molecular flexibility index (Phi) is 3.53. The van der Waals surface area contributed by atoms with Crippen molar-refractivity contribution in [3.63, 3.8) is 0 Å². The first-order chi connectivity index (χ1) is 17.5. The highest BCUT2D eigenvalue weighted by Crippen LogP contribution is 2.61. The molecule has 3 nitrogen and oxygen atoms in total. The molecular formula is C33H32N3+. The number of hydrogen-bond acceptors (Lipinski definition) is 1. The molecule has 4 aliphatic carbocycles. The second-order valence-electron chi connectivity index (χ2n) is 12.8.